The van der Waals surface area contributed by atoms with E-state index in [0.717, 1.165) is 13.2 Å². The Bertz CT molecular complexity index is 114. The molecule has 0 spiro atoms. The highest BCUT2D eigenvalue weighted by molar-refractivity contribution is 4.57. The summed E-state index contributed by atoms with van der Waals surface area (Å²) in [5, 5.41) is 0. The van der Waals surface area contributed by atoms with Gasteiger partial charge in [-0.3, -0.25) is 0 Å². The lowest BCUT2D eigenvalue weighted by molar-refractivity contribution is 0.162. The van der Waals surface area contributed by atoms with E-state index in [0.29, 0.717) is 0 Å². The normalized spacial score (nSPS) is 6.53. The molecule has 0 aliphatic heterocycles. The van der Waals surface area contributed by atoms with Gasteiger partial charge in [0, 0.05) is 13.2 Å². The minimum Gasteiger partial charge on any atom is -0.474 e. The second kappa shape index (κ2) is 29.4. The number of ether oxygens (including phenoxy) is 3. The molecule has 0 aromatic carbocycles. The lowest BCUT2D eigenvalue weighted by Gasteiger charge is -1.86. The zero-order chi connectivity index (χ0) is 12.4. The van der Waals surface area contributed by atoms with Crippen LogP contribution < -0.4 is 0 Å². The standard InChI is InChI=1S/C4H10O.2C4H6O/c3*1-3-5-4-2/h3-4H2,1-2H3;2*3-4H,1-2H2. The third kappa shape index (κ3) is 67.8. The van der Waals surface area contributed by atoms with Gasteiger partial charge in [0.25, 0.3) is 0 Å². The highest BCUT2D eigenvalue weighted by atomic mass is 16.5. The molecule has 0 unspecified atom stereocenters. The smallest absolute Gasteiger partial charge is 0.0829 e. The number of hydrogen-bond acceptors (Lipinski definition) is 3. The topological polar surface area (TPSA) is 27.7 Å². The van der Waals surface area contributed by atoms with Gasteiger partial charge in [-0.25, -0.2) is 0 Å². The summed E-state index contributed by atoms with van der Waals surface area (Å²) in [4.78, 5) is 0. The van der Waals surface area contributed by atoms with Crippen LogP contribution in [-0.2, 0) is 14.2 Å². The van der Waals surface area contributed by atoms with Crippen LogP contribution in [0, 0.1) is 0 Å². The summed E-state index contributed by atoms with van der Waals surface area (Å²) in [6.07, 6.45) is 5.25. The van der Waals surface area contributed by atoms with E-state index in [2.05, 4.69) is 35.8 Å². The first-order valence-corrected chi connectivity index (χ1v) is 4.57. The highest BCUT2D eigenvalue weighted by Crippen LogP contribution is 1.66. The Kier molecular flexibility index (Phi) is 37.5. The molecule has 0 bridgehead atoms. The van der Waals surface area contributed by atoms with Crippen LogP contribution in [0.5, 0.6) is 0 Å². The molecule has 0 rings (SSSR count). The van der Waals surface area contributed by atoms with Gasteiger partial charge in [0.05, 0.1) is 25.0 Å². The minimum absolute atomic E-state index is 0.844. The van der Waals surface area contributed by atoms with Crippen LogP contribution in [0.2, 0.25) is 0 Å². The van der Waals surface area contributed by atoms with E-state index in [9.17, 15) is 0 Å². The van der Waals surface area contributed by atoms with E-state index in [1.807, 2.05) is 13.8 Å². The Morgan fingerprint density at radius 3 is 1.00 bits per heavy atom. The number of rotatable bonds is 6. The van der Waals surface area contributed by atoms with Gasteiger partial charge in [-0.05, 0) is 13.8 Å². The molecule has 0 aromatic heterocycles. The summed E-state index contributed by atoms with van der Waals surface area (Å²) in [6, 6.07) is 0. The average molecular weight is 214 g/mol. The third-order valence-corrected chi connectivity index (χ3v) is 0.793. The van der Waals surface area contributed by atoms with Gasteiger partial charge >= 0.3 is 0 Å². The predicted octanol–water partition coefficient (Wildman–Crippen LogP) is 3.62. The van der Waals surface area contributed by atoms with Gasteiger partial charge in [0.2, 0.25) is 0 Å². The predicted molar refractivity (Wildman–Crippen MR) is 65.1 cm³/mol. The van der Waals surface area contributed by atoms with Crippen molar-refractivity contribution in [1.29, 1.82) is 0 Å². The van der Waals surface area contributed by atoms with E-state index >= 15 is 0 Å². The first-order valence-electron chi connectivity index (χ1n) is 4.57. The van der Waals surface area contributed by atoms with Crippen LogP contribution in [-0.4, -0.2) is 13.2 Å². The fourth-order valence-corrected chi connectivity index (χ4v) is 0.340. The van der Waals surface area contributed by atoms with Crippen molar-refractivity contribution in [2.75, 3.05) is 13.2 Å². The van der Waals surface area contributed by atoms with E-state index in [4.69, 9.17) is 4.74 Å². The second-order valence-electron chi connectivity index (χ2n) is 1.72. The van der Waals surface area contributed by atoms with Crippen LogP contribution in [0.3, 0.4) is 0 Å². The van der Waals surface area contributed by atoms with Gasteiger partial charge in [-0.1, -0.05) is 26.3 Å². The minimum atomic E-state index is 0.844. The monoisotopic (exact) mass is 214 g/mol. The summed E-state index contributed by atoms with van der Waals surface area (Å²) < 4.78 is 13.6. The van der Waals surface area contributed by atoms with Crippen LogP contribution >= 0.6 is 0 Å². The zero-order valence-corrected chi connectivity index (χ0v) is 9.78. The Hall–Kier alpha value is -1.48. The molecule has 3 nitrogen and oxygen atoms in total. The van der Waals surface area contributed by atoms with Crippen LogP contribution in [0.15, 0.2) is 51.4 Å². The van der Waals surface area contributed by atoms with E-state index < -0.39 is 0 Å². The van der Waals surface area contributed by atoms with Crippen molar-refractivity contribution in [3.05, 3.63) is 51.4 Å². The van der Waals surface area contributed by atoms with Gasteiger partial charge in [-0.2, -0.15) is 0 Å². The molecular formula is C12H22O3. The molecule has 0 N–H and O–H groups in total. The van der Waals surface area contributed by atoms with Crippen molar-refractivity contribution in [2.45, 2.75) is 13.8 Å². The summed E-state index contributed by atoms with van der Waals surface area (Å²) in [5.41, 5.74) is 0. The lowest BCUT2D eigenvalue weighted by atomic mass is 10.8. The lowest BCUT2D eigenvalue weighted by Crippen LogP contribution is -1.84. The molecule has 15 heavy (non-hydrogen) atoms. The van der Waals surface area contributed by atoms with E-state index in [-0.39, 0.29) is 0 Å². The fourth-order valence-electron chi connectivity index (χ4n) is 0.340. The first-order chi connectivity index (χ1) is 7.24. The van der Waals surface area contributed by atoms with Crippen LogP contribution in [0.4, 0.5) is 0 Å². The van der Waals surface area contributed by atoms with Crippen molar-refractivity contribution in [1.82, 2.24) is 0 Å². The SMILES string of the molecule is C=COC=C.C=COC=C.CCOCC. The molecule has 0 aliphatic carbocycles. The summed E-state index contributed by atoms with van der Waals surface area (Å²) in [6.45, 7) is 18.7. The molecule has 0 radical (unpaired) electrons. The Labute approximate surface area is 93.3 Å². The maximum Gasteiger partial charge on any atom is 0.0829 e. The highest BCUT2D eigenvalue weighted by Gasteiger charge is 1.64. The Balaban J connectivity index is -0.000000144. The molecule has 0 saturated carbocycles. The molecule has 0 amide bonds. The number of hydrogen-bond donors (Lipinski definition) is 0. The van der Waals surface area contributed by atoms with Gasteiger partial charge < -0.3 is 14.2 Å². The van der Waals surface area contributed by atoms with Crippen molar-refractivity contribution in [3.8, 4) is 0 Å². The van der Waals surface area contributed by atoms with Crippen LogP contribution in [0.25, 0.3) is 0 Å². The molecule has 0 heterocycles. The maximum atomic E-state index is 4.83. The molecular weight excluding hydrogens is 192 g/mol. The largest absolute Gasteiger partial charge is 0.474 e. The quantitative estimate of drug-likeness (QED) is 0.632. The molecule has 0 aromatic rings. The van der Waals surface area contributed by atoms with Gasteiger partial charge in [0.1, 0.15) is 0 Å². The third-order valence-electron chi connectivity index (χ3n) is 0.793. The molecule has 0 atom stereocenters. The van der Waals surface area contributed by atoms with Gasteiger partial charge in [0.15, 0.2) is 0 Å². The van der Waals surface area contributed by atoms with Crippen molar-refractivity contribution < 1.29 is 14.2 Å². The fraction of sp³-hybridized carbons (Fsp3) is 0.333. The molecule has 0 aliphatic rings. The van der Waals surface area contributed by atoms with E-state index in [1.165, 1.54) is 25.0 Å². The summed E-state index contributed by atoms with van der Waals surface area (Å²) >= 11 is 0. The summed E-state index contributed by atoms with van der Waals surface area (Å²) in [5.74, 6) is 0. The van der Waals surface area contributed by atoms with Crippen LogP contribution in [0.1, 0.15) is 13.8 Å². The molecule has 0 fully saturated rings. The maximum absolute atomic E-state index is 4.83. The molecule has 88 valence electrons. The molecule has 3 heteroatoms. The van der Waals surface area contributed by atoms with Crippen molar-refractivity contribution in [3.63, 3.8) is 0 Å². The second-order valence-corrected chi connectivity index (χ2v) is 1.72. The zero-order valence-electron chi connectivity index (χ0n) is 9.78. The van der Waals surface area contributed by atoms with Gasteiger partial charge in [-0.15, -0.1) is 0 Å². The Morgan fingerprint density at radius 2 is 1.00 bits per heavy atom. The van der Waals surface area contributed by atoms with Crippen molar-refractivity contribution >= 4 is 0 Å². The Morgan fingerprint density at radius 1 is 0.733 bits per heavy atom. The average Bonchev–Trinajstić information content (AvgIpc) is 2.23. The van der Waals surface area contributed by atoms with Crippen molar-refractivity contribution in [2.24, 2.45) is 0 Å². The first kappa shape index (κ1) is 19.1. The van der Waals surface area contributed by atoms with E-state index in [1.54, 1.807) is 0 Å². The molecule has 0 saturated heterocycles. The summed E-state index contributed by atoms with van der Waals surface area (Å²) in [7, 11) is 0.